The van der Waals surface area contributed by atoms with Gasteiger partial charge in [0, 0.05) is 5.75 Å². The van der Waals surface area contributed by atoms with Crippen LogP contribution in [0.5, 0.6) is 11.5 Å². The second kappa shape index (κ2) is 6.20. The van der Waals surface area contributed by atoms with Gasteiger partial charge in [0.25, 0.3) is 0 Å². The second-order valence-electron chi connectivity index (χ2n) is 2.80. The van der Waals surface area contributed by atoms with Crippen molar-refractivity contribution >= 4 is 11.8 Å². The van der Waals surface area contributed by atoms with Crippen LogP contribution in [0, 0.1) is 10.7 Å². The Morgan fingerprint density at radius 2 is 2.20 bits per heavy atom. The van der Waals surface area contributed by atoms with Crippen molar-refractivity contribution in [2.45, 2.75) is 12.7 Å². The molecule has 80 valence electrons. The van der Waals surface area contributed by atoms with Gasteiger partial charge in [0.1, 0.15) is 5.40 Å². The summed E-state index contributed by atoms with van der Waals surface area (Å²) in [7, 11) is 1.61. The van der Waals surface area contributed by atoms with Crippen molar-refractivity contribution in [3.05, 3.63) is 23.8 Å². The number of nitrogens with zero attached hydrogens (tertiary/aromatic N) is 1. The normalized spacial score (nSPS) is 9.40. The first-order valence-corrected chi connectivity index (χ1v) is 5.61. The first-order valence-electron chi connectivity index (χ1n) is 4.62. The highest BCUT2D eigenvalue weighted by atomic mass is 32.2. The molecule has 0 saturated heterocycles. The summed E-state index contributed by atoms with van der Waals surface area (Å²) in [5.74, 6) is 2.12. The molecule has 4 heteroatoms. The molecular weight excluding hydrogens is 210 g/mol. The minimum atomic E-state index is 0.614. The molecular formula is C11H13NO2S. The lowest BCUT2D eigenvalue weighted by Gasteiger charge is -2.10. The second-order valence-corrected chi connectivity index (χ2v) is 3.56. The number of benzene rings is 1. The molecule has 0 amide bonds. The molecule has 15 heavy (non-hydrogen) atoms. The van der Waals surface area contributed by atoms with Crippen LogP contribution in [0.25, 0.3) is 0 Å². The van der Waals surface area contributed by atoms with Crippen LogP contribution in [-0.2, 0) is 5.75 Å². The third kappa shape index (κ3) is 3.37. The topological polar surface area (TPSA) is 42.2 Å². The minimum Gasteiger partial charge on any atom is -0.493 e. The number of rotatable bonds is 5. The van der Waals surface area contributed by atoms with Crippen LogP contribution in [0.3, 0.4) is 0 Å². The molecule has 1 aromatic carbocycles. The van der Waals surface area contributed by atoms with E-state index in [1.165, 1.54) is 11.8 Å². The molecule has 0 aromatic heterocycles. The maximum Gasteiger partial charge on any atom is 0.161 e. The summed E-state index contributed by atoms with van der Waals surface area (Å²) in [5, 5.41) is 10.5. The molecule has 0 atom stereocenters. The van der Waals surface area contributed by atoms with E-state index in [1.54, 1.807) is 7.11 Å². The van der Waals surface area contributed by atoms with Gasteiger partial charge in [-0.3, -0.25) is 0 Å². The Bertz CT molecular complexity index is 360. The lowest BCUT2D eigenvalue weighted by molar-refractivity contribution is 0.311. The van der Waals surface area contributed by atoms with Gasteiger partial charge in [-0.15, -0.1) is 0 Å². The van der Waals surface area contributed by atoms with Crippen LogP contribution in [0.4, 0.5) is 0 Å². The van der Waals surface area contributed by atoms with E-state index in [1.807, 2.05) is 30.5 Å². The zero-order valence-corrected chi connectivity index (χ0v) is 9.63. The SMILES string of the molecule is CCOc1ccc(CSC#N)cc1OC. The van der Waals surface area contributed by atoms with E-state index in [-0.39, 0.29) is 0 Å². The van der Waals surface area contributed by atoms with Crippen LogP contribution < -0.4 is 9.47 Å². The average molecular weight is 223 g/mol. The van der Waals surface area contributed by atoms with E-state index in [0.29, 0.717) is 18.1 Å². The molecule has 0 unspecified atom stereocenters. The molecule has 1 rings (SSSR count). The van der Waals surface area contributed by atoms with Crippen molar-refractivity contribution in [1.82, 2.24) is 0 Å². The van der Waals surface area contributed by atoms with Crippen molar-refractivity contribution in [3.63, 3.8) is 0 Å². The highest BCUT2D eigenvalue weighted by molar-refractivity contribution is 8.02. The largest absolute Gasteiger partial charge is 0.493 e. The molecule has 0 aliphatic carbocycles. The van der Waals surface area contributed by atoms with Crippen molar-refractivity contribution in [2.75, 3.05) is 13.7 Å². The first-order chi connectivity index (χ1) is 7.31. The Balaban J connectivity index is 2.82. The molecule has 3 nitrogen and oxygen atoms in total. The van der Waals surface area contributed by atoms with Crippen molar-refractivity contribution in [1.29, 1.82) is 5.26 Å². The summed E-state index contributed by atoms with van der Waals surface area (Å²) in [6, 6.07) is 5.71. The number of nitriles is 1. The van der Waals surface area contributed by atoms with Crippen molar-refractivity contribution in [3.8, 4) is 16.9 Å². The Kier molecular flexibility index (Phi) is 4.85. The Morgan fingerprint density at radius 1 is 1.40 bits per heavy atom. The summed E-state index contributed by atoms with van der Waals surface area (Å²) in [6.45, 7) is 2.54. The fourth-order valence-electron chi connectivity index (χ4n) is 1.19. The number of ether oxygens (including phenoxy) is 2. The quantitative estimate of drug-likeness (QED) is 0.720. The number of hydrogen-bond acceptors (Lipinski definition) is 4. The molecule has 0 spiro atoms. The highest BCUT2D eigenvalue weighted by Crippen LogP contribution is 2.29. The number of methoxy groups -OCH3 is 1. The number of hydrogen-bond donors (Lipinski definition) is 0. The maximum atomic E-state index is 8.45. The third-order valence-electron chi connectivity index (χ3n) is 1.83. The van der Waals surface area contributed by atoms with E-state index in [2.05, 4.69) is 0 Å². The number of thioether (sulfide) groups is 1. The van der Waals surface area contributed by atoms with E-state index in [0.717, 1.165) is 11.3 Å². The molecule has 0 heterocycles. The summed E-state index contributed by atoms with van der Waals surface area (Å²) in [4.78, 5) is 0. The van der Waals surface area contributed by atoms with Crippen LogP contribution >= 0.6 is 11.8 Å². The van der Waals surface area contributed by atoms with E-state index in [4.69, 9.17) is 14.7 Å². The molecule has 0 fully saturated rings. The molecule has 0 N–H and O–H groups in total. The van der Waals surface area contributed by atoms with Crippen molar-refractivity contribution in [2.24, 2.45) is 0 Å². The van der Waals surface area contributed by atoms with E-state index >= 15 is 0 Å². The molecule has 0 saturated carbocycles. The Morgan fingerprint density at radius 3 is 2.80 bits per heavy atom. The van der Waals surface area contributed by atoms with Crippen LogP contribution in [0.15, 0.2) is 18.2 Å². The van der Waals surface area contributed by atoms with Gasteiger partial charge in [-0.25, -0.2) is 0 Å². The van der Waals surface area contributed by atoms with Gasteiger partial charge >= 0.3 is 0 Å². The fourth-order valence-corrected chi connectivity index (χ4v) is 1.60. The predicted octanol–water partition coefficient (Wildman–Crippen LogP) is 2.81. The van der Waals surface area contributed by atoms with Crippen LogP contribution in [-0.4, -0.2) is 13.7 Å². The zero-order valence-electron chi connectivity index (χ0n) is 8.82. The van der Waals surface area contributed by atoms with Gasteiger partial charge < -0.3 is 9.47 Å². The van der Waals surface area contributed by atoms with Gasteiger partial charge in [0.2, 0.25) is 0 Å². The van der Waals surface area contributed by atoms with Crippen LogP contribution in [0.2, 0.25) is 0 Å². The minimum absolute atomic E-state index is 0.614. The fraction of sp³-hybridized carbons (Fsp3) is 0.364. The first kappa shape index (κ1) is 11.7. The van der Waals surface area contributed by atoms with E-state index in [9.17, 15) is 0 Å². The zero-order chi connectivity index (χ0) is 11.1. The van der Waals surface area contributed by atoms with Gasteiger partial charge in [-0.1, -0.05) is 6.07 Å². The Labute approximate surface area is 94.0 Å². The highest BCUT2D eigenvalue weighted by Gasteiger charge is 2.04. The average Bonchev–Trinajstić information content (AvgIpc) is 2.28. The summed E-state index contributed by atoms with van der Waals surface area (Å²) in [6.07, 6.45) is 0. The Hall–Kier alpha value is -1.34. The molecule has 0 radical (unpaired) electrons. The summed E-state index contributed by atoms with van der Waals surface area (Å²) >= 11 is 1.21. The van der Waals surface area contributed by atoms with Gasteiger partial charge in [-0.05, 0) is 36.4 Å². The lowest BCUT2D eigenvalue weighted by Crippen LogP contribution is -1.95. The molecule has 1 aromatic rings. The van der Waals surface area contributed by atoms with Gasteiger partial charge in [-0.2, -0.15) is 5.26 Å². The van der Waals surface area contributed by atoms with Gasteiger partial charge in [0.05, 0.1) is 13.7 Å². The summed E-state index contributed by atoms with van der Waals surface area (Å²) in [5.41, 5.74) is 1.06. The maximum absolute atomic E-state index is 8.45. The summed E-state index contributed by atoms with van der Waals surface area (Å²) < 4.78 is 10.6. The lowest BCUT2D eigenvalue weighted by atomic mass is 10.2. The standard InChI is InChI=1S/C11H13NO2S/c1-3-14-10-5-4-9(7-15-8-12)6-11(10)13-2/h4-6H,3,7H2,1-2H3. The third-order valence-corrected chi connectivity index (χ3v) is 2.44. The molecule has 0 aliphatic heterocycles. The smallest absolute Gasteiger partial charge is 0.161 e. The molecule has 0 aliphatic rings. The monoisotopic (exact) mass is 223 g/mol. The van der Waals surface area contributed by atoms with E-state index < -0.39 is 0 Å². The predicted molar refractivity (Wildman–Crippen MR) is 61.1 cm³/mol. The van der Waals surface area contributed by atoms with Gasteiger partial charge in [0.15, 0.2) is 11.5 Å². The molecule has 0 bridgehead atoms. The van der Waals surface area contributed by atoms with Crippen LogP contribution in [0.1, 0.15) is 12.5 Å². The van der Waals surface area contributed by atoms with Crippen molar-refractivity contribution < 1.29 is 9.47 Å². The number of thiocyanates is 1.